The molecule has 0 aromatic rings. The summed E-state index contributed by atoms with van der Waals surface area (Å²) in [5, 5.41) is 11.9. The number of aliphatic carboxylic acids is 1. The molecule has 1 aliphatic heterocycles. The first-order chi connectivity index (χ1) is 5.70. The lowest BCUT2D eigenvalue weighted by Gasteiger charge is -2.27. The quantitative estimate of drug-likeness (QED) is 0.668. The normalized spacial score (nSPS) is 26.6. The number of carboxylic acids is 1. The molecule has 0 aliphatic carbocycles. The summed E-state index contributed by atoms with van der Waals surface area (Å²) in [6.45, 7) is 4.12. The van der Waals surface area contributed by atoms with Crippen LogP contribution in [0.4, 0.5) is 0 Å². The van der Waals surface area contributed by atoms with Crippen molar-refractivity contribution in [2.24, 2.45) is 11.8 Å². The molecule has 0 bridgehead atoms. The third-order valence-corrected chi connectivity index (χ3v) is 2.64. The average Bonchev–Trinajstić information content (AvgIpc) is 2.05. The molecule has 0 aromatic carbocycles. The zero-order chi connectivity index (χ0) is 8.97. The number of piperidine rings is 1. The van der Waals surface area contributed by atoms with Gasteiger partial charge in [-0.3, -0.25) is 4.79 Å². The highest BCUT2D eigenvalue weighted by Crippen LogP contribution is 2.22. The van der Waals surface area contributed by atoms with E-state index in [1.165, 1.54) is 12.8 Å². The summed E-state index contributed by atoms with van der Waals surface area (Å²) in [6, 6.07) is 0. The first-order valence-electron chi connectivity index (χ1n) is 4.62. The van der Waals surface area contributed by atoms with Gasteiger partial charge in [0, 0.05) is 6.42 Å². The molecular formula is C9H17NO2. The van der Waals surface area contributed by atoms with E-state index >= 15 is 0 Å². The monoisotopic (exact) mass is 171 g/mol. The van der Waals surface area contributed by atoms with Crippen LogP contribution in [0.25, 0.3) is 0 Å². The van der Waals surface area contributed by atoms with Gasteiger partial charge in [-0.15, -0.1) is 0 Å². The Morgan fingerprint density at radius 1 is 1.75 bits per heavy atom. The lowest BCUT2D eigenvalue weighted by Crippen LogP contribution is -2.33. The highest BCUT2D eigenvalue weighted by Gasteiger charge is 2.21. The van der Waals surface area contributed by atoms with E-state index in [1.54, 1.807) is 0 Å². The Hall–Kier alpha value is -0.570. The molecule has 1 fully saturated rings. The second kappa shape index (κ2) is 4.45. The fraction of sp³-hybridized carbons (Fsp3) is 0.889. The second-order valence-electron chi connectivity index (χ2n) is 3.68. The van der Waals surface area contributed by atoms with Crippen molar-refractivity contribution in [1.82, 2.24) is 5.32 Å². The SMILES string of the molecule is C[C@@H](CC(=O)O)[C@@H]1CCCNC1. The molecule has 0 spiro atoms. The number of rotatable bonds is 3. The van der Waals surface area contributed by atoms with Gasteiger partial charge in [-0.25, -0.2) is 0 Å². The smallest absolute Gasteiger partial charge is 0.303 e. The summed E-state index contributed by atoms with van der Waals surface area (Å²) < 4.78 is 0. The van der Waals surface area contributed by atoms with Crippen LogP contribution >= 0.6 is 0 Å². The molecule has 1 rings (SSSR count). The lowest BCUT2D eigenvalue weighted by atomic mass is 9.85. The van der Waals surface area contributed by atoms with Crippen LogP contribution in [0.5, 0.6) is 0 Å². The summed E-state index contributed by atoms with van der Waals surface area (Å²) in [7, 11) is 0. The third-order valence-electron chi connectivity index (χ3n) is 2.64. The van der Waals surface area contributed by atoms with Crippen LogP contribution < -0.4 is 5.32 Å². The molecule has 12 heavy (non-hydrogen) atoms. The molecule has 0 radical (unpaired) electrons. The standard InChI is InChI=1S/C9H17NO2/c1-7(5-9(11)12)8-3-2-4-10-6-8/h7-8,10H,2-6H2,1H3,(H,11,12)/t7-,8+/m0/s1. The summed E-state index contributed by atoms with van der Waals surface area (Å²) >= 11 is 0. The predicted molar refractivity (Wildman–Crippen MR) is 47.0 cm³/mol. The number of carbonyl (C=O) groups is 1. The molecule has 0 aromatic heterocycles. The lowest BCUT2D eigenvalue weighted by molar-refractivity contribution is -0.138. The Kier molecular flexibility index (Phi) is 3.53. The zero-order valence-corrected chi connectivity index (χ0v) is 7.55. The summed E-state index contributed by atoms with van der Waals surface area (Å²) in [5.74, 6) is 0.207. The summed E-state index contributed by atoms with van der Waals surface area (Å²) in [4.78, 5) is 10.4. The van der Waals surface area contributed by atoms with Crippen molar-refractivity contribution in [2.45, 2.75) is 26.2 Å². The predicted octanol–water partition coefficient (Wildman–Crippen LogP) is 1.10. The van der Waals surface area contributed by atoms with Crippen molar-refractivity contribution >= 4 is 5.97 Å². The molecule has 0 saturated carbocycles. The minimum absolute atomic E-state index is 0.312. The van der Waals surface area contributed by atoms with E-state index in [0.29, 0.717) is 18.3 Å². The maximum absolute atomic E-state index is 10.4. The van der Waals surface area contributed by atoms with Crippen LogP contribution in [0.1, 0.15) is 26.2 Å². The number of nitrogens with one attached hydrogen (secondary N) is 1. The summed E-state index contributed by atoms with van der Waals surface area (Å²) in [6.07, 6.45) is 2.68. The highest BCUT2D eigenvalue weighted by atomic mass is 16.4. The molecule has 1 saturated heterocycles. The van der Waals surface area contributed by atoms with Gasteiger partial charge in [0.05, 0.1) is 0 Å². The highest BCUT2D eigenvalue weighted by molar-refractivity contribution is 5.66. The minimum atomic E-state index is -0.673. The van der Waals surface area contributed by atoms with E-state index < -0.39 is 5.97 Å². The van der Waals surface area contributed by atoms with Crippen molar-refractivity contribution in [3.63, 3.8) is 0 Å². The fourth-order valence-corrected chi connectivity index (χ4v) is 1.81. The van der Waals surface area contributed by atoms with E-state index in [0.717, 1.165) is 13.1 Å². The largest absolute Gasteiger partial charge is 0.481 e. The van der Waals surface area contributed by atoms with Gasteiger partial charge >= 0.3 is 5.97 Å². The van der Waals surface area contributed by atoms with Gasteiger partial charge in [0.2, 0.25) is 0 Å². The van der Waals surface area contributed by atoms with Crippen LogP contribution in [0.3, 0.4) is 0 Å². The molecule has 0 unspecified atom stereocenters. The molecule has 1 heterocycles. The van der Waals surface area contributed by atoms with Crippen molar-refractivity contribution < 1.29 is 9.90 Å². The van der Waals surface area contributed by atoms with E-state index in [9.17, 15) is 4.79 Å². The van der Waals surface area contributed by atoms with E-state index in [4.69, 9.17) is 5.11 Å². The molecule has 1 aliphatic rings. The van der Waals surface area contributed by atoms with Crippen molar-refractivity contribution in [1.29, 1.82) is 0 Å². The van der Waals surface area contributed by atoms with Gasteiger partial charge in [0.1, 0.15) is 0 Å². The van der Waals surface area contributed by atoms with Gasteiger partial charge in [-0.1, -0.05) is 6.92 Å². The van der Waals surface area contributed by atoms with Gasteiger partial charge in [0.25, 0.3) is 0 Å². The average molecular weight is 171 g/mol. The number of hydrogen-bond acceptors (Lipinski definition) is 2. The van der Waals surface area contributed by atoms with Gasteiger partial charge < -0.3 is 10.4 Å². The topological polar surface area (TPSA) is 49.3 Å². The maximum atomic E-state index is 10.4. The molecule has 2 atom stereocenters. The van der Waals surface area contributed by atoms with Crippen LogP contribution in [0, 0.1) is 11.8 Å². The van der Waals surface area contributed by atoms with Crippen LogP contribution in [0.15, 0.2) is 0 Å². The molecular weight excluding hydrogens is 154 g/mol. The Morgan fingerprint density at radius 3 is 3.00 bits per heavy atom. The first-order valence-corrected chi connectivity index (χ1v) is 4.62. The van der Waals surface area contributed by atoms with Crippen molar-refractivity contribution in [2.75, 3.05) is 13.1 Å². The van der Waals surface area contributed by atoms with E-state index in [-0.39, 0.29) is 0 Å². The van der Waals surface area contributed by atoms with Gasteiger partial charge in [0.15, 0.2) is 0 Å². The minimum Gasteiger partial charge on any atom is -0.481 e. The Morgan fingerprint density at radius 2 is 2.50 bits per heavy atom. The van der Waals surface area contributed by atoms with Crippen molar-refractivity contribution in [3.8, 4) is 0 Å². The van der Waals surface area contributed by atoms with Crippen LogP contribution in [-0.2, 0) is 4.79 Å². The van der Waals surface area contributed by atoms with Gasteiger partial charge in [-0.2, -0.15) is 0 Å². The maximum Gasteiger partial charge on any atom is 0.303 e. The van der Waals surface area contributed by atoms with Gasteiger partial charge in [-0.05, 0) is 37.8 Å². The van der Waals surface area contributed by atoms with E-state index in [1.807, 2.05) is 6.92 Å². The zero-order valence-electron chi connectivity index (χ0n) is 7.55. The third kappa shape index (κ3) is 2.81. The van der Waals surface area contributed by atoms with E-state index in [2.05, 4.69) is 5.32 Å². The number of hydrogen-bond donors (Lipinski definition) is 2. The Labute approximate surface area is 73.2 Å². The molecule has 3 nitrogen and oxygen atoms in total. The Bertz CT molecular complexity index is 153. The Balaban J connectivity index is 2.29. The molecule has 3 heteroatoms. The second-order valence-corrected chi connectivity index (χ2v) is 3.68. The van der Waals surface area contributed by atoms with Crippen LogP contribution in [0.2, 0.25) is 0 Å². The van der Waals surface area contributed by atoms with Crippen molar-refractivity contribution in [3.05, 3.63) is 0 Å². The molecule has 0 amide bonds. The van der Waals surface area contributed by atoms with Crippen LogP contribution in [-0.4, -0.2) is 24.2 Å². The molecule has 2 N–H and O–H groups in total. The first kappa shape index (κ1) is 9.52. The summed E-state index contributed by atoms with van der Waals surface area (Å²) in [5.41, 5.74) is 0. The fourth-order valence-electron chi connectivity index (χ4n) is 1.81. The molecule has 70 valence electrons. The number of carboxylic acid groups (broad SMARTS) is 1.